The van der Waals surface area contributed by atoms with Crippen LogP contribution in [0, 0.1) is 0 Å². The molecule has 0 saturated carbocycles. The van der Waals surface area contributed by atoms with Gasteiger partial charge in [0.25, 0.3) is 0 Å². The summed E-state index contributed by atoms with van der Waals surface area (Å²) in [6.45, 7) is 19.2. The molecule has 10 nitrogen and oxygen atoms in total. The monoisotopic (exact) mass is 845 g/mol. The van der Waals surface area contributed by atoms with E-state index in [-0.39, 0.29) is 35.4 Å². The molecule has 0 bridgehead atoms. The first-order valence-electron chi connectivity index (χ1n) is 22.4. The van der Waals surface area contributed by atoms with Crippen molar-refractivity contribution in [1.29, 1.82) is 0 Å². The highest BCUT2D eigenvalue weighted by molar-refractivity contribution is 5.91. The van der Waals surface area contributed by atoms with E-state index >= 15 is 0 Å². The largest absolute Gasteiger partial charge is 0.490 e. The van der Waals surface area contributed by atoms with E-state index < -0.39 is 24.1 Å². The Morgan fingerprint density at radius 1 is 0.565 bits per heavy atom. The molecule has 0 aliphatic carbocycles. The number of piperidine rings is 2. The van der Waals surface area contributed by atoms with Crippen LogP contribution in [-0.4, -0.2) is 92.4 Å². The number of carbonyl (C=O) groups is 2. The van der Waals surface area contributed by atoms with E-state index in [9.17, 15) is 9.59 Å². The first kappa shape index (κ1) is 46.4. The van der Waals surface area contributed by atoms with Gasteiger partial charge in [0.15, 0.2) is 0 Å². The third-order valence-corrected chi connectivity index (χ3v) is 12.7. The molecule has 0 N–H and O–H groups in total. The van der Waals surface area contributed by atoms with Crippen molar-refractivity contribution in [2.75, 3.05) is 26.3 Å². The number of pyridine rings is 2. The average Bonchev–Trinajstić information content (AvgIpc) is 3.21. The molecule has 10 heteroatoms. The van der Waals surface area contributed by atoms with Crippen LogP contribution >= 0.6 is 0 Å². The SMILES string of the molecule is CC1(C)CCCC(C)(C)N1CC(COc1cccc(Cc2ccccn2)c1)OC(=O)/C=C/C(=O)OC(COc1cccc(Cc2ccccn2)c1)CN1C(C)(C)CCCC1(C)C. The van der Waals surface area contributed by atoms with Gasteiger partial charge in [0.2, 0.25) is 0 Å². The Bertz CT molecular complexity index is 1920. The summed E-state index contributed by atoms with van der Waals surface area (Å²) in [5.74, 6) is 0.0961. The van der Waals surface area contributed by atoms with E-state index in [2.05, 4.69) is 87.3 Å². The Kier molecular flexibility index (Phi) is 15.3. The number of likely N-dealkylation sites (tertiary alicyclic amines) is 2. The van der Waals surface area contributed by atoms with Gasteiger partial charge in [0.05, 0.1) is 0 Å². The van der Waals surface area contributed by atoms with Crippen LogP contribution in [0.2, 0.25) is 0 Å². The van der Waals surface area contributed by atoms with Crippen molar-refractivity contribution < 1.29 is 28.5 Å². The summed E-state index contributed by atoms with van der Waals surface area (Å²) in [5, 5.41) is 0. The van der Waals surface area contributed by atoms with E-state index in [0.29, 0.717) is 37.4 Å². The maximum Gasteiger partial charge on any atom is 0.331 e. The molecule has 2 atom stereocenters. The van der Waals surface area contributed by atoms with Crippen LogP contribution in [0.3, 0.4) is 0 Å². The zero-order valence-electron chi connectivity index (χ0n) is 38.3. The highest BCUT2D eigenvalue weighted by Gasteiger charge is 2.44. The van der Waals surface area contributed by atoms with Gasteiger partial charge in [-0.25, -0.2) is 9.59 Å². The third kappa shape index (κ3) is 13.2. The maximum absolute atomic E-state index is 13.6. The molecule has 2 saturated heterocycles. The second-order valence-corrected chi connectivity index (χ2v) is 19.5. The van der Waals surface area contributed by atoms with Gasteiger partial charge < -0.3 is 18.9 Å². The molecule has 62 heavy (non-hydrogen) atoms. The van der Waals surface area contributed by atoms with Gasteiger partial charge >= 0.3 is 11.9 Å². The van der Waals surface area contributed by atoms with E-state index in [0.717, 1.165) is 61.0 Å². The van der Waals surface area contributed by atoms with Gasteiger partial charge in [0, 0.05) is 84.0 Å². The van der Waals surface area contributed by atoms with Gasteiger partial charge in [-0.3, -0.25) is 19.8 Å². The van der Waals surface area contributed by atoms with Crippen LogP contribution in [0.4, 0.5) is 0 Å². The normalized spacial score (nSPS) is 19.3. The molecular formula is C52H68N4O6. The number of aromatic nitrogens is 2. The van der Waals surface area contributed by atoms with E-state index in [1.807, 2.05) is 72.8 Å². The molecule has 2 aliphatic rings. The number of ether oxygens (including phenoxy) is 4. The number of hydrogen-bond acceptors (Lipinski definition) is 10. The lowest BCUT2D eigenvalue weighted by molar-refractivity contribution is -0.152. The van der Waals surface area contributed by atoms with Gasteiger partial charge in [-0.2, -0.15) is 0 Å². The van der Waals surface area contributed by atoms with Crippen molar-refractivity contribution in [3.05, 3.63) is 132 Å². The number of esters is 2. The second-order valence-electron chi connectivity index (χ2n) is 19.5. The molecule has 2 aromatic heterocycles. The molecular weight excluding hydrogens is 777 g/mol. The number of rotatable bonds is 18. The van der Waals surface area contributed by atoms with Crippen LogP contribution in [0.25, 0.3) is 0 Å². The van der Waals surface area contributed by atoms with Crippen LogP contribution in [0.5, 0.6) is 11.5 Å². The van der Waals surface area contributed by atoms with Crippen molar-refractivity contribution in [3.63, 3.8) is 0 Å². The molecule has 4 heterocycles. The maximum atomic E-state index is 13.6. The summed E-state index contributed by atoms with van der Waals surface area (Å²) in [6, 6.07) is 27.7. The number of nitrogens with zero attached hydrogens (tertiary/aromatic N) is 4. The molecule has 2 aromatic carbocycles. The standard InChI is InChI=1S/C52H68N4O6/c1-49(2)25-15-26-50(3,4)55(49)35-45(37-59-43-21-13-17-39(33-43)31-41-19-9-11-29-53-41)61-47(57)23-24-48(58)62-46(36-56-51(5,6)27-16-28-52(56,7)8)38-60-44-22-14-18-40(34-44)32-42-20-10-12-30-54-42/h9-14,17-24,29-30,33-34,45-46H,15-16,25-28,31-32,35-38H2,1-8H3/b24-23+. The minimum Gasteiger partial charge on any atom is -0.490 e. The summed E-state index contributed by atoms with van der Waals surface area (Å²) in [4.78, 5) is 41.0. The Hall–Kier alpha value is -5.06. The minimum absolute atomic E-state index is 0.107. The van der Waals surface area contributed by atoms with Crippen molar-refractivity contribution >= 4 is 11.9 Å². The first-order chi connectivity index (χ1) is 29.5. The fraction of sp³-hybridized carbons (Fsp3) is 0.500. The van der Waals surface area contributed by atoms with Gasteiger partial charge in [0.1, 0.15) is 36.9 Å². The second kappa shape index (κ2) is 20.4. The van der Waals surface area contributed by atoms with E-state index in [1.54, 1.807) is 12.4 Å². The summed E-state index contributed by atoms with van der Waals surface area (Å²) in [7, 11) is 0. The number of carbonyl (C=O) groups excluding carboxylic acids is 2. The fourth-order valence-corrected chi connectivity index (χ4v) is 9.57. The lowest BCUT2D eigenvalue weighted by atomic mass is 9.79. The first-order valence-corrected chi connectivity index (χ1v) is 22.4. The quantitative estimate of drug-likeness (QED) is 0.0711. The molecule has 0 amide bonds. The third-order valence-electron chi connectivity index (χ3n) is 12.7. The summed E-state index contributed by atoms with van der Waals surface area (Å²) in [6.07, 6.45) is 12.4. The molecule has 2 aliphatic heterocycles. The van der Waals surface area contributed by atoms with E-state index in [4.69, 9.17) is 18.9 Å². The lowest BCUT2D eigenvalue weighted by Gasteiger charge is -2.53. The van der Waals surface area contributed by atoms with Crippen molar-refractivity contribution in [2.45, 2.75) is 141 Å². The highest BCUT2D eigenvalue weighted by Crippen LogP contribution is 2.39. The fourth-order valence-electron chi connectivity index (χ4n) is 9.57. The smallest absolute Gasteiger partial charge is 0.331 e. The zero-order chi connectivity index (χ0) is 44.4. The Morgan fingerprint density at radius 2 is 0.952 bits per heavy atom. The van der Waals surface area contributed by atoms with Crippen LogP contribution in [-0.2, 0) is 31.9 Å². The van der Waals surface area contributed by atoms with Gasteiger partial charge in [-0.1, -0.05) is 36.4 Å². The summed E-state index contributed by atoms with van der Waals surface area (Å²) < 4.78 is 25.0. The minimum atomic E-state index is -0.636. The molecule has 0 spiro atoms. The highest BCUT2D eigenvalue weighted by atomic mass is 16.6. The number of hydrogen-bond donors (Lipinski definition) is 0. The molecule has 4 aromatic rings. The van der Waals surface area contributed by atoms with Crippen LogP contribution in [0.1, 0.15) is 116 Å². The molecule has 2 unspecified atom stereocenters. The van der Waals surface area contributed by atoms with Crippen LogP contribution in [0.15, 0.2) is 109 Å². The van der Waals surface area contributed by atoms with Gasteiger partial charge in [-0.05, 0) is 154 Å². The van der Waals surface area contributed by atoms with Crippen molar-refractivity contribution in [1.82, 2.24) is 19.8 Å². The zero-order valence-corrected chi connectivity index (χ0v) is 38.3. The number of benzene rings is 2. The summed E-state index contributed by atoms with van der Waals surface area (Å²) in [5.41, 5.74) is 3.65. The van der Waals surface area contributed by atoms with Gasteiger partial charge in [-0.15, -0.1) is 0 Å². The average molecular weight is 845 g/mol. The predicted molar refractivity (Wildman–Crippen MR) is 244 cm³/mol. The molecule has 6 rings (SSSR count). The van der Waals surface area contributed by atoms with Crippen molar-refractivity contribution in [3.8, 4) is 11.5 Å². The van der Waals surface area contributed by atoms with Crippen molar-refractivity contribution in [2.24, 2.45) is 0 Å². The topological polar surface area (TPSA) is 103 Å². The predicted octanol–water partition coefficient (Wildman–Crippen LogP) is 9.58. The summed E-state index contributed by atoms with van der Waals surface area (Å²) >= 11 is 0. The van der Waals surface area contributed by atoms with E-state index in [1.165, 1.54) is 12.2 Å². The molecule has 0 radical (unpaired) electrons. The lowest BCUT2D eigenvalue weighted by Crippen LogP contribution is -2.61. The molecule has 2 fully saturated rings. The Balaban J connectivity index is 1.14. The Labute approximate surface area is 370 Å². The Morgan fingerprint density at radius 3 is 1.31 bits per heavy atom. The van der Waals surface area contributed by atoms with Crippen LogP contribution < -0.4 is 9.47 Å². The molecule has 332 valence electrons.